The van der Waals surface area contributed by atoms with Crippen LogP contribution < -0.4 is 10.1 Å². The van der Waals surface area contributed by atoms with Crippen molar-refractivity contribution in [1.82, 2.24) is 9.88 Å². The van der Waals surface area contributed by atoms with Crippen LogP contribution in [0.3, 0.4) is 0 Å². The molecule has 0 saturated heterocycles. The number of phenols is 1. The number of pyridine rings is 1. The second kappa shape index (κ2) is 9.47. The van der Waals surface area contributed by atoms with Gasteiger partial charge in [0, 0.05) is 29.9 Å². The van der Waals surface area contributed by atoms with Gasteiger partial charge in [-0.3, -0.25) is 4.98 Å². The van der Waals surface area contributed by atoms with E-state index in [-0.39, 0.29) is 10.8 Å². The van der Waals surface area contributed by atoms with Gasteiger partial charge in [-0.2, -0.15) is 0 Å². The summed E-state index contributed by atoms with van der Waals surface area (Å²) in [5.74, 6) is 0.267. The van der Waals surface area contributed by atoms with E-state index in [9.17, 15) is 5.11 Å². The van der Waals surface area contributed by atoms with Crippen LogP contribution in [0.15, 0.2) is 60.8 Å². The minimum Gasteiger partial charge on any atom is -0.503 e. The van der Waals surface area contributed by atoms with Crippen LogP contribution in [0, 0.1) is 6.07 Å². The van der Waals surface area contributed by atoms with Crippen molar-refractivity contribution in [2.45, 2.75) is 6.42 Å². The molecule has 0 unspecified atom stereocenters. The number of ether oxygens (including phenoxy) is 1. The van der Waals surface area contributed by atoms with Gasteiger partial charge in [0.2, 0.25) is 0 Å². The van der Waals surface area contributed by atoms with Crippen LogP contribution in [0.25, 0.3) is 22.0 Å². The zero-order chi connectivity index (χ0) is 22.7. The van der Waals surface area contributed by atoms with Crippen LogP contribution in [0.5, 0.6) is 11.5 Å². The standard InChI is InChI=1S/C26H25ClN3O2/c1-30(2)13-11-17-4-7-20(8-5-17)29-24-10-12-28-23-9-6-18(14-21(23)24)19-15-22(27)26(31)25(16-19)32-3/h4-9,12,14-16,31H,11,13H2,1-3H3,(H,28,29). The molecule has 0 aliphatic carbocycles. The van der Waals surface area contributed by atoms with Crippen molar-refractivity contribution in [3.05, 3.63) is 77.4 Å². The Bertz CT molecular complexity index is 1240. The van der Waals surface area contributed by atoms with E-state index in [0.717, 1.165) is 46.4 Å². The van der Waals surface area contributed by atoms with E-state index in [1.54, 1.807) is 18.3 Å². The first-order valence-electron chi connectivity index (χ1n) is 10.3. The second-order valence-corrected chi connectivity index (χ2v) is 8.30. The molecular weight excluding hydrogens is 422 g/mol. The maximum absolute atomic E-state index is 10.0. The molecule has 4 aromatic rings. The van der Waals surface area contributed by atoms with Crippen LogP contribution >= 0.6 is 11.6 Å². The molecule has 0 atom stereocenters. The fourth-order valence-electron chi connectivity index (χ4n) is 3.52. The largest absolute Gasteiger partial charge is 0.503 e. The van der Waals surface area contributed by atoms with Crippen molar-refractivity contribution >= 4 is 33.9 Å². The summed E-state index contributed by atoms with van der Waals surface area (Å²) in [6.45, 7) is 1.02. The van der Waals surface area contributed by atoms with Crippen LogP contribution in [-0.2, 0) is 6.42 Å². The van der Waals surface area contributed by atoms with Crippen LogP contribution in [0.1, 0.15) is 5.56 Å². The first-order chi connectivity index (χ1) is 15.4. The first kappa shape index (κ1) is 21.9. The molecule has 0 fully saturated rings. The molecule has 6 heteroatoms. The lowest BCUT2D eigenvalue weighted by atomic mass is 10.0. The summed E-state index contributed by atoms with van der Waals surface area (Å²) >= 11 is 6.19. The Balaban J connectivity index is 1.66. The highest BCUT2D eigenvalue weighted by atomic mass is 35.5. The third-order valence-corrected chi connectivity index (χ3v) is 5.62. The number of methoxy groups -OCH3 is 1. The number of halogens is 1. The molecule has 4 rings (SSSR count). The van der Waals surface area contributed by atoms with Gasteiger partial charge < -0.3 is 20.1 Å². The molecule has 163 valence electrons. The topological polar surface area (TPSA) is 57.6 Å². The minimum atomic E-state index is -0.0647. The Morgan fingerprint density at radius 2 is 1.84 bits per heavy atom. The third kappa shape index (κ3) is 4.79. The number of aromatic hydroxyl groups is 1. The Morgan fingerprint density at radius 3 is 2.56 bits per heavy atom. The lowest BCUT2D eigenvalue weighted by Gasteiger charge is -2.13. The highest BCUT2D eigenvalue weighted by Crippen LogP contribution is 2.39. The number of phenolic OH excluding ortho intramolecular Hbond substituents is 1. The van der Waals surface area contributed by atoms with Gasteiger partial charge in [0.1, 0.15) is 0 Å². The molecular formula is C26H25ClN3O2. The maximum Gasteiger partial charge on any atom is 0.176 e. The molecule has 0 aliphatic rings. The van der Waals surface area contributed by atoms with E-state index in [4.69, 9.17) is 16.3 Å². The van der Waals surface area contributed by atoms with E-state index >= 15 is 0 Å². The average molecular weight is 447 g/mol. The van der Waals surface area contributed by atoms with Gasteiger partial charge in [-0.25, -0.2) is 0 Å². The number of hydrogen-bond donors (Lipinski definition) is 2. The smallest absolute Gasteiger partial charge is 0.176 e. The van der Waals surface area contributed by atoms with E-state index in [1.165, 1.54) is 12.7 Å². The number of fused-ring (bicyclic) bond motifs is 1. The quantitative estimate of drug-likeness (QED) is 0.369. The molecule has 0 aliphatic heterocycles. The van der Waals surface area contributed by atoms with E-state index in [0.29, 0.717) is 5.75 Å². The molecule has 0 spiro atoms. The molecule has 0 bridgehead atoms. The minimum absolute atomic E-state index is 0.0647. The SMILES string of the molecule is COc1cc(-c2ccc3nc[c]c(Nc4ccc(CCN(C)C)cc4)c3c2)cc(Cl)c1O. The Labute approximate surface area is 193 Å². The lowest BCUT2D eigenvalue weighted by molar-refractivity contribution is 0.374. The molecule has 32 heavy (non-hydrogen) atoms. The summed E-state index contributed by atoms with van der Waals surface area (Å²) in [6, 6.07) is 21.1. The van der Waals surface area contributed by atoms with Crippen LogP contribution in [-0.4, -0.2) is 42.7 Å². The maximum atomic E-state index is 10.0. The van der Waals surface area contributed by atoms with Gasteiger partial charge in [-0.1, -0.05) is 29.8 Å². The highest BCUT2D eigenvalue weighted by Gasteiger charge is 2.12. The monoisotopic (exact) mass is 446 g/mol. The zero-order valence-electron chi connectivity index (χ0n) is 18.3. The van der Waals surface area contributed by atoms with Gasteiger partial charge in [0.15, 0.2) is 11.5 Å². The zero-order valence-corrected chi connectivity index (χ0v) is 19.1. The summed E-state index contributed by atoms with van der Waals surface area (Å²) in [5, 5.41) is 14.7. The van der Waals surface area contributed by atoms with Gasteiger partial charge in [-0.15, -0.1) is 0 Å². The summed E-state index contributed by atoms with van der Waals surface area (Å²) < 4.78 is 5.25. The predicted octanol–water partition coefficient (Wildman–Crippen LogP) is 5.92. The van der Waals surface area contributed by atoms with Crippen molar-refractivity contribution in [3.8, 4) is 22.6 Å². The van der Waals surface area contributed by atoms with Crippen molar-refractivity contribution in [2.24, 2.45) is 0 Å². The Kier molecular flexibility index (Phi) is 6.49. The van der Waals surface area contributed by atoms with E-state index < -0.39 is 0 Å². The van der Waals surface area contributed by atoms with Gasteiger partial charge in [0.05, 0.1) is 23.3 Å². The molecule has 3 aromatic carbocycles. The van der Waals surface area contributed by atoms with Crippen molar-refractivity contribution in [3.63, 3.8) is 0 Å². The number of aromatic nitrogens is 1. The summed E-state index contributed by atoms with van der Waals surface area (Å²) in [4.78, 5) is 6.63. The fourth-order valence-corrected chi connectivity index (χ4v) is 3.73. The number of nitrogens with one attached hydrogen (secondary N) is 1. The fraction of sp³-hybridized carbons (Fsp3) is 0.192. The normalized spacial score (nSPS) is 11.2. The Hall–Kier alpha value is -3.28. The summed E-state index contributed by atoms with van der Waals surface area (Å²) in [5.41, 5.74) is 5.76. The predicted molar refractivity (Wildman–Crippen MR) is 131 cm³/mol. The van der Waals surface area contributed by atoms with Crippen molar-refractivity contribution in [2.75, 3.05) is 33.1 Å². The third-order valence-electron chi connectivity index (χ3n) is 5.33. The second-order valence-electron chi connectivity index (χ2n) is 7.89. The molecule has 5 nitrogen and oxygen atoms in total. The molecule has 1 radical (unpaired) electrons. The van der Waals surface area contributed by atoms with Gasteiger partial charge in [-0.05, 0) is 73.6 Å². The van der Waals surface area contributed by atoms with Gasteiger partial charge in [0.25, 0.3) is 0 Å². The summed E-state index contributed by atoms with van der Waals surface area (Å²) in [7, 11) is 5.66. The lowest BCUT2D eigenvalue weighted by Crippen LogP contribution is -2.14. The van der Waals surface area contributed by atoms with E-state index in [2.05, 4.69) is 59.6 Å². The van der Waals surface area contributed by atoms with E-state index in [1.807, 2.05) is 18.2 Å². The molecule has 2 N–H and O–H groups in total. The highest BCUT2D eigenvalue weighted by molar-refractivity contribution is 6.32. The van der Waals surface area contributed by atoms with Crippen molar-refractivity contribution in [1.29, 1.82) is 0 Å². The Morgan fingerprint density at radius 1 is 1.06 bits per heavy atom. The average Bonchev–Trinajstić information content (AvgIpc) is 2.80. The number of likely N-dealkylation sites (N-methyl/N-ethyl adjacent to an activating group) is 1. The molecule has 1 aromatic heterocycles. The number of nitrogens with zero attached hydrogens (tertiary/aromatic N) is 2. The number of benzene rings is 3. The van der Waals surface area contributed by atoms with Crippen LogP contribution in [0.2, 0.25) is 5.02 Å². The molecule has 0 amide bonds. The number of rotatable bonds is 7. The number of hydrogen-bond acceptors (Lipinski definition) is 5. The summed E-state index contributed by atoms with van der Waals surface area (Å²) in [6.07, 6.45) is 2.69. The van der Waals surface area contributed by atoms with Crippen molar-refractivity contribution < 1.29 is 9.84 Å². The first-order valence-corrected chi connectivity index (χ1v) is 10.7. The molecule has 1 heterocycles. The van der Waals surface area contributed by atoms with Gasteiger partial charge >= 0.3 is 0 Å². The number of anilines is 2. The molecule has 0 saturated carbocycles. The van der Waals surface area contributed by atoms with Crippen LogP contribution in [0.4, 0.5) is 11.4 Å².